The first-order valence-electron chi connectivity index (χ1n) is 21.8. The summed E-state index contributed by atoms with van der Waals surface area (Å²) >= 11 is 0. The third kappa shape index (κ3) is 14.7. The molecule has 0 saturated carbocycles. The Balaban J connectivity index is 1.37. The highest BCUT2D eigenvalue weighted by Gasteiger charge is 2.18. The van der Waals surface area contributed by atoms with E-state index in [9.17, 15) is 0 Å². The summed E-state index contributed by atoms with van der Waals surface area (Å²) in [6, 6.07) is 32.0. The molecule has 2 nitrogen and oxygen atoms in total. The fourth-order valence-corrected chi connectivity index (χ4v) is 8.47. The van der Waals surface area contributed by atoms with Crippen LogP contribution in [-0.4, -0.2) is 0 Å². The number of rotatable bonds is 26. The Morgan fingerprint density at radius 3 is 1.04 bits per heavy atom. The number of hydrogen-bond donors (Lipinski definition) is 2. The predicted molar refractivity (Wildman–Crippen MR) is 234 cm³/mol. The Morgan fingerprint density at radius 1 is 0.396 bits per heavy atom. The Hall–Kier alpha value is -3.52. The lowest BCUT2D eigenvalue weighted by Crippen LogP contribution is -2.05. The van der Waals surface area contributed by atoms with Gasteiger partial charge < -0.3 is 11.5 Å². The molecular weight excluding hydrogens is 641 g/mol. The summed E-state index contributed by atoms with van der Waals surface area (Å²) in [6.07, 6.45) is 27.8. The minimum absolute atomic E-state index is 0.410. The van der Waals surface area contributed by atoms with E-state index < -0.39 is 0 Å². The molecule has 4 rings (SSSR count). The lowest BCUT2D eigenvalue weighted by Gasteiger charge is -2.22. The maximum Gasteiger partial charge on any atom is 0.0316 e. The van der Waals surface area contributed by atoms with Gasteiger partial charge in [0.1, 0.15) is 0 Å². The van der Waals surface area contributed by atoms with Gasteiger partial charge in [0.25, 0.3) is 0 Å². The molecule has 0 aliphatic carbocycles. The van der Waals surface area contributed by atoms with Crippen molar-refractivity contribution >= 4 is 11.4 Å². The van der Waals surface area contributed by atoms with E-state index in [0.29, 0.717) is 11.8 Å². The monoisotopic (exact) mass is 715 g/mol. The average molecular weight is 715 g/mol. The predicted octanol–water partition coefficient (Wildman–Crippen LogP) is 15.2. The van der Waals surface area contributed by atoms with Gasteiger partial charge in [0.2, 0.25) is 0 Å². The van der Waals surface area contributed by atoms with Gasteiger partial charge in [-0.3, -0.25) is 0 Å². The summed E-state index contributed by atoms with van der Waals surface area (Å²) in [5.41, 5.74) is 25.1. The zero-order chi connectivity index (χ0) is 37.7. The van der Waals surface area contributed by atoms with Crippen LogP contribution in [0.4, 0.5) is 11.4 Å². The molecule has 4 N–H and O–H groups in total. The molecule has 288 valence electrons. The van der Waals surface area contributed by atoms with Crippen molar-refractivity contribution in [3.8, 4) is 0 Å². The van der Waals surface area contributed by atoms with E-state index in [1.165, 1.54) is 173 Å². The maximum absolute atomic E-state index is 6.17. The van der Waals surface area contributed by atoms with Crippen LogP contribution in [0.15, 0.2) is 84.9 Å². The van der Waals surface area contributed by atoms with E-state index in [1.807, 2.05) is 0 Å². The molecule has 2 atom stereocenters. The molecule has 0 saturated heterocycles. The van der Waals surface area contributed by atoms with Gasteiger partial charge in [-0.2, -0.15) is 0 Å². The summed E-state index contributed by atoms with van der Waals surface area (Å²) < 4.78 is 0. The second-order valence-corrected chi connectivity index (χ2v) is 16.2. The average Bonchev–Trinajstić information content (AvgIpc) is 3.15. The Labute approximate surface area is 325 Å². The molecule has 0 fully saturated rings. The van der Waals surface area contributed by atoms with Gasteiger partial charge >= 0.3 is 0 Å². The molecule has 0 aliphatic heterocycles. The standard InChI is InChI=1S/C51H74N2/c1-5-7-9-11-13-15-17-19-21-23-50(48-35-33-46(52)37-40(48)3)44-29-25-42(26-30-44)39-43-27-31-45(32-28-43)51(49-36-34-47(53)38-41(49)4)24-22-20-18-16-14-12-10-8-6-2/h25-38,50-51H,5-24,39,52-53H2,1-4H3. The van der Waals surface area contributed by atoms with Crippen LogP contribution in [0.25, 0.3) is 0 Å². The van der Waals surface area contributed by atoms with Gasteiger partial charge in [0.15, 0.2) is 0 Å². The van der Waals surface area contributed by atoms with E-state index in [0.717, 1.165) is 17.8 Å². The normalized spacial score (nSPS) is 12.6. The van der Waals surface area contributed by atoms with Gasteiger partial charge in [-0.15, -0.1) is 0 Å². The Bertz CT molecular complexity index is 1450. The van der Waals surface area contributed by atoms with Crippen molar-refractivity contribution in [1.82, 2.24) is 0 Å². The van der Waals surface area contributed by atoms with Gasteiger partial charge in [-0.25, -0.2) is 0 Å². The molecule has 2 heteroatoms. The second-order valence-electron chi connectivity index (χ2n) is 16.2. The molecule has 0 bridgehead atoms. The molecule has 0 amide bonds. The molecule has 4 aromatic carbocycles. The number of benzene rings is 4. The first-order chi connectivity index (χ1) is 25.9. The van der Waals surface area contributed by atoms with Crippen molar-refractivity contribution in [1.29, 1.82) is 0 Å². The van der Waals surface area contributed by atoms with E-state index in [2.05, 4.69) is 113 Å². The van der Waals surface area contributed by atoms with Crippen LogP contribution in [0.5, 0.6) is 0 Å². The summed E-state index contributed by atoms with van der Waals surface area (Å²) in [5, 5.41) is 0. The highest BCUT2D eigenvalue weighted by atomic mass is 14.5. The smallest absolute Gasteiger partial charge is 0.0316 e. The fraction of sp³-hybridized carbons (Fsp3) is 0.529. The Morgan fingerprint density at radius 2 is 0.717 bits per heavy atom. The molecule has 2 unspecified atom stereocenters. The summed E-state index contributed by atoms with van der Waals surface area (Å²) in [5.74, 6) is 0.820. The van der Waals surface area contributed by atoms with Crippen LogP contribution in [0.1, 0.15) is 199 Å². The van der Waals surface area contributed by atoms with E-state index in [1.54, 1.807) is 0 Å². The van der Waals surface area contributed by atoms with Crippen LogP contribution in [0.2, 0.25) is 0 Å². The number of nitrogen functional groups attached to an aromatic ring is 2. The zero-order valence-corrected chi connectivity index (χ0v) is 34.2. The summed E-state index contributed by atoms with van der Waals surface area (Å²) in [4.78, 5) is 0. The lowest BCUT2D eigenvalue weighted by molar-refractivity contribution is 0.545. The second kappa shape index (κ2) is 24.0. The van der Waals surface area contributed by atoms with Gasteiger partial charge in [0, 0.05) is 23.2 Å². The molecule has 0 aliphatic rings. The number of anilines is 2. The highest BCUT2D eigenvalue weighted by Crippen LogP contribution is 2.35. The topological polar surface area (TPSA) is 52.0 Å². The first-order valence-corrected chi connectivity index (χ1v) is 21.8. The maximum atomic E-state index is 6.17. The largest absolute Gasteiger partial charge is 0.399 e. The van der Waals surface area contributed by atoms with Crippen molar-refractivity contribution < 1.29 is 0 Å². The van der Waals surface area contributed by atoms with E-state index in [-0.39, 0.29) is 0 Å². The van der Waals surface area contributed by atoms with Crippen molar-refractivity contribution in [2.75, 3.05) is 11.5 Å². The molecule has 0 aromatic heterocycles. The van der Waals surface area contributed by atoms with Crippen LogP contribution in [-0.2, 0) is 6.42 Å². The molecule has 0 heterocycles. The van der Waals surface area contributed by atoms with Crippen LogP contribution < -0.4 is 11.5 Å². The number of nitrogens with two attached hydrogens (primary N) is 2. The molecule has 0 radical (unpaired) electrons. The summed E-state index contributed by atoms with van der Waals surface area (Å²) in [6.45, 7) is 9.04. The molecular formula is C51H74N2. The summed E-state index contributed by atoms with van der Waals surface area (Å²) in [7, 11) is 0. The zero-order valence-electron chi connectivity index (χ0n) is 34.2. The number of hydrogen-bond acceptors (Lipinski definition) is 2. The van der Waals surface area contributed by atoms with Crippen molar-refractivity contribution in [3.63, 3.8) is 0 Å². The quantitative estimate of drug-likeness (QED) is 0.0502. The van der Waals surface area contributed by atoms with Crippen LogP contribution >= 0.6 is 0 Å². The van der Waals surface area contributed by atoms with Crippen molar-refractivity contribution in [3.05, 3.63) is 129 Å². The minimum atomic E-state index is 0.410. The van der Waals surface area contributed by atoms with Gasteiger partial charge in [-0.1, -0.05) is 190 Å². The van der Waals surface area contributed by atoms with Crippen molar-refractivity contribution in [2.24, 2.45) is 0 Å². The Kier molecular flexibility index (Phi) is 19.1. The van der Waals surface area contributed by atoms with E-state index >= 15 is 0 Å². The molecule has 53 heavy (non-hydrogen) atoms. The first kappa shape index (κ1) is 42.2. The van der Waals surface area contributed by atoms with Gasteiger partial charge in [0.05, 0.1) is 0 Å². The lowest BCUT2D eigenvalue weighted by atomic mass is 9.83. The van der Waals surface area contributed by atoms with E-state index in [4.69, 9.17) is 11.5 Å². The highest BCUT2D eigenvalue weighted by molar-refractivity contribution is 5.49. The molecule has 0 spiro atoms. The SMILES string of the molecule is CCCCCCCCCCCC(c1ccc(Cc2ccc(C(CCCCCCCCCCC)c3ccc(N)cc3C)cc2)cc1)c1ccc(N)cc1C. The third-order valence-electron chi connectivity index (χ3n) is 11.7. The van der Waals surface area contributed by atoms with Crippen LogP contribution in [0.3, 0.4) is 0 Å². The fourth-order valence-electron chi connectivity index (χ4n) is 8.47. The number of unbranched alkanes of at least 4 members (excludes halogenated alkanes) is 16. The molecule has 4 aromatic rings. The number of aryl methyl sites for hydroxylation is 2. The third-order valence-corrected chi connectivity index (χ3v) is 11.7. The van der Waals surface area contributed by atoms with Gasteiger partial charge in [-0.05, 0) is 102 Å². The van der Waals surface area contributed by atoms with Crippen LogP contribution in [0, 0.1) is 13.8 Å². The minimum Gasteiger partial charge on any atom is -0.399 e. The van der Waals surface area contributed by atoms with Crippen molar-refractivity contribution in [2.45, 2.75) is 174 Å².